The molecule has 2 N–H and O–H groups in total. The van der Waals surface area contributed by atoms with E-state index in [0.29, 0.717) is 24.4 Å². The minimum atomic E-state index is -4.54. The molecule has 1 aromatic heterocycles. The molecule has 1 atom stereocenters. The molecule has 10 heteroatoms. The van der Waals surface area contributed by atoms with Gasteiger partial charge in [-0.1, -0.05) is 11.6 Å². The molecule has 2 amide bonds. The summed E-state index contributed by atoms with van der Waals surface area (Å²) in [7, 11) is 0. The summed E-state index contributed by atoms with van der Waals surface area (Å²) < 4.78 is 40.2. The van der Waals surface area contributed by atoms with E-state index in [1.54, 1.807) is 6.07 Å². The van der Waals surface area contributed by atoms with Gasteiger partial charge < -0.3 is 15.5 Å². The summed E-state index contributed by atoms with van der Waals surface area (Å²) in [6.07, 6.45) is -2.20. The van der Waals surface area contributed by atoms with Gasteiger partial charge in [-0.15, -0.1) is 0 Å². The smallest absolute Gasteiger partial charge is 0.355 e. The highest BCUT2D eigenvalue weighted by Crippen LogP contribution is 2.36. The summed E-state index contributed by atoms with van der Waals surface area (Å²) in [4.78, 5) is 30.9. The van der Waals surface area contributed by atoms with Crippen LogP contribution in [0.15, 0.2) is 36.5 Å². The number of nitrogens with one attached hydrogen (secondary N) is 2. The van der Waals surface area contributed by atoms with Crippen molar-refractivity contribution in [3.8, 4) is 0 Å². The highest BCUT2D eigenvalue weighted by atomic mass is 35.5. The molecule has 0 aliphatic carbocycles. The van der Waals surface area contributed by atoms with Crippen LogP contribution in [0.4, 0.5) is 24.7 Å². The predicted molar refractivity (Wildman–Crippen MR) is 117 cm³/mol. The first kappa shape index (κ1) is 23.8. The van der Waals surface area contributed by atoms with Crippen molar-refractivity contribution in [3.05, 3.63) is 52.7 Å². The number of amides is 2. The van der Waals surface area contributed by atoms with E-state index in [0.717, 1.165) is 6.07 Å². The van der Waals surface area contributed by atoms with Crippen molar-refractivity contribution in [2.45, 2.75) is 38.9 Å². The van der Waals surface area contributed by atoms with Gasteiger partial charge in [0.15, 0.2) is 0 Å². The van der Waals surface area contributed by atoms with Gasteiger partial charge >= 0.3 is 6.18 Å². The summed E-state index contributed by atoms with van der Waals surface area (Å²) in [5, 5.41) is 5.85. The molecule has 1 aliphatic rings. The highest BCUT2D eigenvalue weighted by molar-refractivity contribution is 6.31. The van der Waals surface area contributed by atoms with Gasteiger partial charge in [0.25, 0.3) is 5.91 Å². The van der Waals surface area contributed by atoms with Crippen LogP contribution in [0.1, 0.15) is 42.6 Å². The number of pyridine rings is 1. The molecule has 0 saturated carbocycles. The fourth-order valence-corrected chi connectivity index (χ4v) is 3.82. The van der Waals surface area contributed by atoms with E-state index in [1.165, 1.54) is 29.3 Å². The molecule has 0 radical (unpaired) electrons. The van der Waals surface area contributed by atoms with Crippen LogP contribution < -0.4 is 15.5 Å². The minimum Gasteiger partial charge on any atom is -0.355 e. The number of alkyl halides is 3. The maximum Gasteiger partial charge on any atom is 0.419 e. The van der Waals surface area contributed by atoms with Gasteiger partial charge in [-0.3, -0.25) is 9.59 Å². The van der Waals surface area contributed by atoms with E-state index in [1.807, 2.05) is 13.8 Å². The van der Waals surface area contributed by atoms with Gasteiger partial charge in [0, 0.05) is 30.4 Å². The Morgan fingerprint density at radius 1 is 1.25 bits per heavy atom. The molecule has 2 aromatic rings. The fourth-order valence-electron chi connectivity index (χ4n) is 3.65. The predicted octanol–water partition coefficient (Wildman–Crippen LogP) is 4.75. The first-order valence-corrected chi connectivity index (χ1v) is 10.6. The van der Waals surface area contributed by atoms with Crippen LogP contribution in [-0.4, -0.2) is 35.9 Å². The van der Waals surface area contributed by atoms with Gasteiger partial charge in [-0.05, 0) is 57.0 Å². The average molecular weight is 469 g/mol. The molecule has 0 spiro atoms. The van der Waals surface area contributed by atoms with Crippen LogP contribution in [0.3, 0.4) is 0 Å². The van der Waals surface area contributed by atoms with E-state index < -0.39 is 17.7 Å². The van der Waals surface area contributed by atoms with Crippen LogP contribution >= 0.6 is 11.6 Å². The van der Waals surface area contributed by atoms with Gasteiger partial charge in [-0.25, -0.2) is 4.98 Å². The molecule has 1 aliphatic heterocycles. The Kier molecular flexibility index (Phi) is 7.28. The number of hydrogen-bond acceptors (Lipinski definition) is 4. The van der Waals surface area contributed by atoms with Gasteiger partial charge in [0.1, 0.15) is 5.82 Å². The maximum atomic E-state index is 13.4. The van der Waals surface area contributed by atoms with Crippen molar-refractivity contribution in [3.63, 3.8) is 0 Å². The number of anilines is 2. The van der Waals surface area contributed by atoms with Crippen molar-refractivity contribution in [1.29, 1.82) is 0 Å². The molecule has 1 saturated heterocycles. The number of piperidine rings is 1. The second kappa shape index (κ2) is 9.77. The molecule has 1 aromatic carbocycles. The highest BCUT2D eigenvalue weighted by Gasteiger charge is 2.37. The Hall–Kier alpha value is -2.81. The Balaban J connectivity index is 1.79. The van der Waals surface area contributed by atoms with E-state index in [4.69, 9.17) is 11.6 Å². The zero-order valence-corrected chi connectivity index (χ0v) is 18.4. The lowest BCUT2D eigenvalue weighted by Gasteiger charge is -2.34. The molecule has 2 heterocycles. The topological polar surface area (TPSA) is 74.3 Å². The molecular formula is C22H24ClF3N4O2. The second-order valence-electron chi connectivity index (χ2n) is 7.96. The van der Waals surface area contributed by atoms with Gasteiger partial charge in [0.05, 0.1) is 22.7 Å². The van der Waals surface area contributed by atoms with Crippen LogP contribution in [0, 0.1) is 5.92 Å². The van der Waals surface area contributed by atoms with E-state index in [-0.39, 0.29) is 41.5 Å². The van der Waals surface area contributed by atoms with Crippen LogP contribution in [0.2, 0.25) is 5.02 Å². The third-order valence-corrected chi connectivity index (χ3v) is 5.32. The van der Waals surface area contributed by atoms with Crippen LogP contribution in [0.5, 0.6) is 0 Å². The lowest BCUT2D eigenvalue weighted by Crippen LogP contribution is -2.42. The first-order chi connectivity index (χ1) is 15.1. The van der Waals surface area contributed by atoms with Crippen molar-refractivity contribution in [2.24, 2.45) is 5.92 Å². The van der Waals surface area contributed by atoms with E-state index in [2.05, 4.69) is 15.6 Å². The number of carbonyl (C=O) groups excluding carboxylic acids is 2. The molecular weight excluding hydrogens is 445 g/mol. The third kappa shape index (κ3) is 5.70. The lowest BCUT2D eigenvalue weighted by atomic mass is 9.96. The largest absolute Gasteiger partial charge is 0.419 e. The van der Waals surface area contributed by atoms with Crippen molar-refractivity contribution in [2.75, 3.05) is 23.3 Å². The Morgan fingerprint density at radius 3 is 2.69 bits per heavy atom. The molecule has 172 valence electrons. The molecule has 1 unspecified atom stereocenters. The number of nitrogens with zero attached hydrogens (tertiary/aromatic N) is 2. The molecule has 3 rings (SSSR count). The Bertz CT molecular complexity index is 997. The normalized spacial score (nSPS) is 16.7. The summed E-state index contributed by atoms with van der Waals surface area (Å²) in [5.74, 6) is -1.51. The average Bonchev–Trinajstić information content (AvgIpc) is 2.72. The maximum absolute atomic E-state index is 13.4. The van der Waals surface area contributed by atoms with Gasteiger partial charge in [0.2, 0.25) is 5.91 Å². The third-order valence-electron chi connectivity index (χ3n) is 5.09. The van der Waals surface area contributed by atoms with Crippen molar-refractivity contribution in [1.82, 2.24) is 10.3 Å². The summed E-state index contributed by atoms with van der Waals surface area (Å²) in [5.41, 5.74) is -0.316. The number of benzene rings is 1. The molecule has 1 fully saturated rings. The molecule has 32 heavy (non-hydrogen) atoms. The summed E-state index contributed by atoms with van der Waals surface area (Å²) >= 11 is 6.05. The Morgan fingerprint density at radius 2 is 2.00 bits per heavy atom. The number of halogens is 4. The second-order valence-corrected chi connectivity index (χ2v) is 8.40. The number of rotatable bonds is 5. The standard InChI is InChI=1S/C22H24ClF3N4O2/c1-13(2)28-21(32)16-8-7-15(23)11-18(16)29-20(31)14-5-4-10-30(12-14)19-17(22(24,25)26)6-3-9-27-19/h3,6-9,11,13-14H,4-5,10,12H2,1-2H3,(H,28,32)(H,29,31). The zero-order chi connectivity index (χ0) is 23.5. The molecule has 6 nitrogen and oxygen atoms in total. The number of hydrogen-bond donors (Lipinski definition) is 2. The summed E-state index contributed by atoms with van der Waals surface area (Å²) in [6, 6.07) is 6.67. The van der Waals surface area contributed by atoms with E-state index >= 15 is 0 Å². The number of aromatic nitrogens is 1. The van der Waals surface area contributed by atoms with Crippen molar-refractivity contribution >= 4 is 34.9 Å². The van der Waals surface area contributed by atoms with Crippen molar-refractivity contribution < 1.29 is 22.8 Å². The molecule has 0 bridgehead atoms. The zero-order valence-electron chi connectivity index (χ0n) is 17.7. The van der Waals surface area contributed by atoms with Crippen LogP contribution in [-0.2, 0) is 11.0 Å². The van der Waals surface area contributed by atoms with Crippen LogP contribution in [0.25, 0.3) is 0 Å². The quantitative estimate of drug-likeness (QED) is 0.664. The summed E-state index contributed by atoms with van der Waals surface area (Å²) in [6.45, 7) is 4.08. The van der Waals surface area contributed by atoms with Gasteiger partial charge in [-0.2, -0.15) is 13.2 Å². The van der Waals surface area contributed by atoms with E-state index in [9.17, 15) is 22.8 Å². The first-order valence-electron chi connectivity index (χ1n) is 10.2. The monoisotopic (exact) mass is 468 g/mol. The SMILES string of the molecule is CC(C)NC(=O)c1ccc(Cl)cc1NC(=O)C1CCCN(c2ncccc2C(F)(F)F)C1. The lowest BCUT2D eigenvalue weighted by molar-refractivity contribution is -0.137. The Labute approximate surface area is 189 Å². The number of carbonyl (C=O) groups is 2. The fraction of sp³-hybridized carbons (Fsp3) is 0.409. The minimum absolute atomic E-state index is 0.0833.